The highest BCUT2D eigenvalue weighted by Gasteiger charge is 2.29. The number of thioether (sulfide) groups is 1. The van der Waals surface area contributed by atoms with Gasteiger partial charge in [0, 0.05) is 24.9 Å². The summed E-state index contributed by atoms with van der Waals surface area (Å²) in [6, 6.07) is 10.6. The number of anilines is 2. The molecule has 8 nitrogen and oxygen atoms in total. The summed E-state index contributed by atoms with van der Waals surface area (Å²) in [5.74, 6) is 0.219. The van der Waals surface area contributed by atoms with Crippen molar-refractivity contribution in [1.29, 1.82) is 0 Å². The second-order valence-corrected chi connectivity index (χ2v) is 7.21. The minimum atomic E-state index is -0.259. The van der Waals surface area contributed by atoms with Gasteiger partial charge in [-0.15, -0.1) is 10.2 Å². The van der Waals surface area contributed by atoms with Crippen molar-refractivity contribution in [3.05, 3.63) is 48.8 Å². The van der Waals surface area contributed by atoms with Gasteiger partial charge in [0.25, 0.3) is 5.22 Å². The molecule has 4 rings (SSSR count). The van der Waals surface area contributed by atoms with Gasteiger partial charge in [-0.2, -0.15) is 0 Å². The standard InChI is InChI=1S/C19H17N5O3S/c1-12-9-16(25)21-14-6-2-3-7-15(14)24(12)17(26)11-28-19-23-22-18(27-19)13-5-4-8-20-10-13/h2-8,10,12H,9,11H2,1H3,(H,21,25)/t12-/m1/s1. The molecule has 0 unspecified atom stereocenters. The number of hydrogen-bond donors (Lipinski definition) is 1. The normalized spacial score (nSPS) is 16.2. The highest BCUT2D eigenvalue weighted by Crippen LogP contribution is 2.32. The Balaban J connectivity index is 1.49. The first kappa shape index (κ1) is 18.2. The summed E-state index contributed by atoms with van der Waals surface area (Å²) in [7, 11) is 0. The van der Waals surface area contributed by atoms with Crippen molar-refractivity contribution in [1.82, 2.24) is 15.2 Å². The average Bonchev–Trinajstić information content (AvgIpc) is 3.12. The Hall–Kier alpha value is -3.20. The number of nitrogens with one attached hydrogen (secondary N) is 1. The van der Waals surface area contributed by atoms with E-state index in [0.29, 0.717) is 28.1 Å². The van der Waals surface area contributed by atoms with E-state index >= 15 is 0 Å². The summed E-state index contributed by atoms with van der Waals surface area (Å²) in [6.07, 6.45) is 3.53. The van der Waals surface area contributed by atoms with Crippen LogP contribution in [-0.4, -0.2) is 38.8 Å². The van der Waals surface area contributed by atoms with Crippen molar-refractivity contribution in [2.24, 2.45) is 0 Å². The maximum absolute atomic E-state index is 12.9. The van der Waals surface area contributed by atoms with E-state index in [-0.39, 0.29) is 30.0 Å². The minimum absolute atomic E-state index is 0.110. The van der Waals surface area contributed by atoms with Crippen molar-refractivity contribution in [3.8, 4) is 11.5 Å². The number of rotatable bonds is 4. The first-order valence-corrected chi connectivity index (χ1v) is 9.68. The van der Waals surface area contributed by atoms with Gasteiger partial charge in [-0.25, -0.2) is 0 Å². The number of aromatic nitrogens is 3. The molecule has 0 aliphatic carbocycles. The molecule has 2 aromatic heterocycles. The molecule has 3 aromatic rings. The molecule has 9 heteroatoms. The fourth-order valence-electron chi connectivity index (χ4n) is 3.03. The second-order valence-electron chi connectivity index (χ2n) is 6.29. The van der Waals surface area contributed by atoms with Gasteiger partial charge in [0.15, 0.2) is 0 Å². The summed E-state index contributed by atoms with van der Waals surface area (Å²) in [5, 5.41) is 11.1. The van der Waals surface area contributed by atoms with E-state index < -0.39 is 0 Å². The number of nitrogens with zero attached hydrogens (tertiary/aromatic N) is 4. The van der Waals surface area contributed by atoms with Crippen LogP contribution in [0.25, 0.3) is 11.5 Å². The van der Waals surface area contributed by atoms with Crippen LogP contribution < -0.4 is 10.2 Å². The van der Waals surface area contributed by atoms with Gasteiger partial charge in [-0.3, -0.25) is 14.6 Å². The molecule has 1 atom stereocenters. The van der Waals surface area contributed by atoms with Gasteiger partial charge in [0.2, 0.25) is 17.7 Å². The Labute approximate surface area is 165 Å². The van der Waals surface area contributed by atoms with Crippen LogP contribution in [0.2, 0.25) is 0 Å². The van der Waals surface area contributed by atoms with E-state index in [1.165, 1.54) is 0 Å². The molecular weight excluding hydrogens is 378 g/mol. The zero-order valence-corrected chi connectivity index (χ0v) is 15.8. The number of benzene rings is 1. The lowest BCUT2D eigenvalue weighted by Gasteiger charge is -2.27. The van der Waals surface area contributed by atoms with Crippen LogP contribution in [-0.2, 0) is 9.59 Å². The van der Waals surface area contributed by atoms with Crippen molar-refractivity contribution in [3.63, 3.8) is 0 Å². The van der Waals surface area contributed by atoms with Crippen molar-refractivity contribution >= 4 is 35.0 Å². The predicted molar refractivity (Wildman–Crippen MR) is 105 cm³/mol. The monoisotopic (exact) mass is 395 g/mol. The average molecular weight is 395 g/mol. The smallest absolute Gasteiger partial charge is 0.277 e. The molecule has 0 radical (unpaired) electrons. The molecule has 0 bridgehead atoms. The maximum Gasteiger partial charge on any atom is 0.277 e. The van der Waals surface area contributed by atoms with Crippen molar-refractivity contribution < 1.29 is 14.0 Å². The van der Waals surface area contributed by atoms with Crippen LogP contribution in [0.3, 0.4) is 0 Å². The van der Waals surface area contributed by atoms with Crippen LogP contribution in [0.4, 0.5) is 11.4 Å². The Morgan fingerprint density at radius 3 is 2.96 bits per heavy atom. The van der Waals surface area contributed by atoms with Gasteiger partial charge in [-0.05, 0) is 31.2 Å². The first-order valence-electron chi connectivity index (χ1n) is 8.69. The first-order chi connectivity index (χ1) is 13.6. The molecule has 1 aliphatic heterocycles. The van der Waals surface area contributed by atoms with Gasteiger partial charge >= 0.3 is 0 Å². The van der Waals surface area contributed by atoms with Gasteiger partial charge in [-0.1, -0.05) is 23.9 Å². The molecular formula is C19H17N5O3S. The van der Waals surface area contributed by atoms with E-state index in [4.69, 9.17) is 4.42 Å². The summed E-state index contributed by atoms with van der Waals surface area (Å²) in [5.41, 5.74) is 2.03. The van der Waals surface area contributed by atoms with Crippen LogP contribution in [0.15, 0.2) is 58.4 Å². The van der Waals surface area contributed by atoms with Crippen LogP contribution >= 0.6 is 11.8 Å². The SMILES string of the molecule is C[C@@H]1CC(=O)Nc2ccccc2N1C(=O)CSc1nnc(-c2cccnc2)o1. The van der Waals surface area contributed by atoms with Crippen LogP contribution in [0.5, 0.6) is 0 Å². The molecule has 1 N–H and O–H groups in total. The molecule has 28 heavy (non-hydrogen) atoms. The topological polar surface area (TPSA) is 101 Å². The van der Waals surface area contributed by atoms with Crippen LogP contribution in [0.1, 0.15) is 13.3 Å². The number of amides is 2. The number of fused-ring (bicyclic) bond motifs is 1. The number of para-hydroxylation sites is 2. The van der Waals surface area contributed by atoms with Crippen molar-refractivity contribution in [2.75, 3.05) is 16.0 Å². The Morgan fingerprint density at radius 1 is 1.29 bits per heavy atom. The van der Waals surface area contributed by atoms with E-state index in [1.807, 2.05) is 31.2 Å². The number of pyridine rings is 1. The predicted octanol–water partition coefficient (Wildman–Crippen LogP) is 2.99. The molecule has 0 spiro atoms. The van der Waals surface area contributed by atoms with Crippen LogP contribution in [0, 0.1) is 0 Å². The van der Waals surface area contributed by atoms with E-state index in [1.54, 1.807) is 29.4 Å². The van der Waals surface area contributed by atoms with Crippen molar-refractivity contribution in [2.45, 2.75) is 24.6 Å². The highest BCUT2D eigenvalue weighted by atomic mass is 32.2. The molecule has 0 saturated carbocycles. The molecule has 3 heterocycles. The van der Waals surface area contributed by atoms with Gasteiger partial charge in [0.05, 0.1) is 22.7 Å². The van der Waals surface area contributed by atoms with Gasteiger partial charge in [0.1, 0.15) is 0 Å². The fourth-order valence-corrected chi connectivity index (χ4v) is 3.66. The summed E-state index contributed by atoms with van der Waals surface area (Å²) in [6.45, 7) is 1.86. The summed E-state index contributed by atoms with van der Waals surface area (Å²) in [4.78, 5) is 30.7. The van der Waals surface area contributed by atoms with E-state index in [0.717, 1.165) is 11.8 Å². The van der Waals surface area contributed by atoms with E-state index in [9.17, 15) is 9.59 Å². The summed E-state index contributed by atoms with van der Waals surface area (Å²) < 4.78 is 5.61. The zero-order valence-electron chi connectivity index (χ0n) is 15.0. The maximum atomic E-state index is 12.9. The number of carbonyl (C=O) groups is 2. The largest absolute Gasteiger partial charge is 0.411 e. The fraction of sp³-hybridized carbons (Fsp3) is 0.211. The second kappa shape index (κ2) is 7.81. The third-order valence-electron chi connectivity index (χ3n) is 4.26. The number of hydrogen-bond acceptors (Lipinski definition) is 7. The molecule has 0 fully saturated rings. The highest BCUT2D eigenvalue weighted by molar-refractivity contribution is 7.99. The lowest BCUT2D eigenvalue weighted by atomic mass is 10.2. The number of carbonyl (C=O) groups excluding carboxylic acids is 2. The third-order valence-corrected chi connectivity index (χ3v) is 5.07. The van der Waals surface area contributed by atoms with E-state index in [2.05, 4.69) is 20.5 Å². The molecule has 0 saturated heterocycles. The molecule has 142 valence electrons. The zero-order chi connectivity index (χ0) is 19.5. The Bertz CT molecular complexity index is 1010. The quantitative estimate of drug-likeness (QED) is 0.678. The lowest BCUT2D eigenvalue weighted by Crippen LogP contribution is -2.40. The third kappa shape index (κ3) is 3.74. The summed E-state index contributed by atoms with van der Waals surface area (Å²) >= 11 is 1.16. The minimum Gasteiger partial charge on any atom is -0.411 e. The molecule has 1 aliphatic rings. The molecule has 1 aromatic carbocycles. The molecule has 2 amide bonds. The lowest BCUT2D eigenvalue weighted by molar-refractivity contribution is -0.117. The Kier molecular flexibility index (Phi) is 5.07. The Morgan fingerprint density at radius 2 is 2.14 bits per heavy atom. The van der Waals surface area contributed by atoms with Gasteiger partial charge < -0.3 is 14.6 Å².